The highest BCUT2D eigenvalue weighted by Crippen LogP contribution is 2.23. The Hall–Kier alpha value is -1.91. The number of hydrogen-bond acceptors (Lipinski definition) is 5. The molecule has 0 amide bonds. The monoisotopic (exact) mass is 386 g/mol. The molecule has 0 radical (unpaired) electrons. The van der Waals surface area contributed by atoms with Gasteiger partial charge in [-0.25, -0.2) is 21.6 Å². The maximum atomic E-state index is 12.6. The Labute approximate surface area is 148 Å². The number of benzene rings is 1. The molecule has 1 heterocycles. The van der Waals surface area contributed by atoms with Crippen LogP contribution in [0.2, 0.25) is 0 Å². The molecule has 0 aliphatic heterocycles. The number of anilines is 1. The molecule has 2 rings (SSSR count). The first-order valence-corrected chi connectivity index (χ1v) is 10.6. The van der Waals surface area contributed by atoms with Gasteiger partial charge in [0.25, 0.3) is 10.0 Å². The molecule has 0 atom stereocenters. The Kier molecular flexibility index (Phi) is 5.26. The number of aromatic nitrogens is 2. The second-order valence-corrected chi connectivity index (χ2v) is 9.36. The topological polar surface area (TPSA) is 110 Å². The molecule has 0 saturated carbocycles. The Morgan fingerprint density at radius 2 is 1.56 bits per heavy atom. The highest BCUT2D eigenvalue weighted by Gasteiger charge is 2.24. The quantitative estimate of drug-likeness (QED) is 0.782. The van der Waals surface area contributed by atoms with Gasteiger partial charge >= 0.3 is 0 Å². The summed E-state index contributed by atoms with van der Waals surface area (Å²) in [5.41, 5.74) is 1.18. The maximum absolute atomic E-state index is 12.6. The molecule has 0 aliphatic carbocycles. The van der Waals surface area contributed by atoms with E-state index in [1.54, 1.807) is 34.7 Å². The van der Waals surface area contributed by atoms with Gasteiger partial charge in [0, 0.05) is 18.8 Å². The molecule has 2 N–H and O–H groups in total. The van der Waals surface area contributed by atoms with E-state index in [9.17, 15) is 16.8 Å². The van der Waals surface area contributed by atoms with Crippen molar-refractivity contribution < 1.29 is 16.8 Å². The minimum atomic E-state index is -3.82. The summed E-state index contributed by atoms with van der Waals surface area (Å²) in [4.78, 5) is 0.186. The lowest BCUT2D eigenvalue weighted by molar-refractivity contribution is 0.570. The van der Waals surface area contributed by atoms with Gasteiger partial charge < -0.3 is 0 Å². The smallest absolute Gasteiger partial charge is 0.265 e. The van der Waals surface area contributed by atoms with Gasteiger partial charge in [0.15, 0.2) is 0 Å². The van der Waals surface area contributed by atoms with E-state index < -0.39 is 20.0 Å². The summed E-state index contributed by atoms with van der Waals surface area (Å²) in [7, 11) is -5.77. The number of hydrogen-bond donors (Lipinski definition) is 2. The zero-order valence-corrected chi connectivity index (χ0v) is 16.4. The van der Waals surface area contributed by atoms with Gasteiger partial charge in [-0.2, -0.15) is 5.10 Å². The van der Waals surface area contributed by atoms with Crippen molar-refractivity contribution in [2.45, 2.75) is 43.5 Å². The van der Waals surface area contributed by atoms with Crippen LogP contribution in [0.4, 0.5) is 5.69 Å². The van der Waals surface area contributed by atoms with Gasteiger partial charge in [0.1, 0.15) is 4.90 Å². The van der Waals surface area contributed by atoms with Gasteiger partial charge in [-0.1, -0.05) is 0 Å². The molecule has 0 bridgehead atoms. The van der Waals surface area contributed by atoms with Gasteiger partial charge in [-0.15, -0.1) is 0 Å². The van der Waals surface area contributed by atoms with Crippen molar-refractivity contribution >= 4 is 25.7 Å². The average Bonchev–Trinajstić information content (AvgIpc) is 2.71. The van der Waals surface area contributed by atoms with Crippen LogP contribution >= 0.6 is 0 Å². The predicted molar refractivity (Wildman–Crippen MR) is 95.4 cm³/mol. The number of aryl methyl sites for hydroxylation is 2. The van der Waals surface area contributed by atoms with Crippen molar-refractivity contribution in [2.75, 3.05) is 4.72 Å². The largest absolute Gasteiger partial charge is 0.280 e. The Bertz CT molecular complexity index is 975. The third kappa shape index (κ3) is 4.20. The first-order chi connectivity index (χ1) is 11.4. The molecule has 25 heavy (non-hydrogen) atoms. The van der Waals surface area contributed by atoms with Gasteiger partial charge in [0.2, 0.25) is 10.0 Å². The molecule has 0 fully saturated rings. The minimum absolute atomic E-state index is 0.0675. The maximum Gasteiger partial charge on any atom is 0.265 e. The lowest BCUT2D eigenvalue weighted by atomic mass is 10.3. The van der Waals surface area contributed by atoms with Crippen LogP contribution in [-0.4, -0.2) is 32.7 Å². The van der Waals surface area contributed by atoms with Crippen molar-refractivity contribution in [2.24, 2.45) is 7.05 Å². The molecule has 8 nitrogen and oxygen atoms in total. The minimum Gasteiger partial charge on any atom is -0.280 e. The van der Waals surface area contributed by atoms with Crippen LogP contribution in [0.25, 0.3) is 0 Å². The fourth-order valence-corrected chi connectivity index (χ4v) is 5.18. The zero-order valence-electron chi connectivity index (χ0n) is 14.7. The van der Waals surface area contributed by atoms with E-state index in [1.165, 1.54) is 28.9 Å². The summed E-state index contributed by atoms with van der Waals surface area (Å²) < 4.78 is 55.8. The van der Waals surface area contributed by atoms with Gasteiger partial charge in [-0.3, -0.25) is 9.40 Å². The molecule has 138 valence electrons. The second kappa shape index (κ2) is 6.77. The lowest BCUT2D eigenvalue weighted by Gasteiger charge is -2.11. The molecule has 1 aromatic carbocycles. The molecule has 0 saturated heterocycles. The Balaban J connectivity index is 2.30. The number of nitrogens with zero attached hydrogens (tertiary/aromatic N) is 2. The fourth-order valence-electron chi connectivity index (χ4n) is 2.43. The van der Waals surface area contributed by atoms with Crippen molar-refractivity contribution in [3.05, 3.63) is 35.7 Å². The standard InChI is InChI=1S/C15H22N4O4S2/c1-10(2)17-24(20,21)14-8-6-13(7-9-14)18-25(22,23)15-11(3)16-19(5)12(15)4/h6-10,17-18H,1-5H3. The molecular weight excluding hydrogens is 364 g/mol. The van der Waals surface area contributed by atoms with Crippen molar-refractivity contribution in [1.82, 2.24) is 14.5 Å². The summed E-state index contributed by atoms with van der Waals surface area (Å²) in [6.07, 6.45) is 0. The van der Waals surface area contributed by atoms with Gasteiger partial charge in [0.05, 0.1) is 16.3 Å². The lowest BCUT2D eigenvalue weighted by Crippen LogP contribution is -2.30. The van der Waals surface area contributed by atoms with E-state index >= 15 is 0 Å². The third-order valence-corrected chi connectivity index (χ3v) is 6.83. The Morgan fingerprint density at radius 1 is 1.00 bits per heavy atom. The van der Waals surface area contributed by atoms with Crippen molar-refractivity contribution in [3.8, 4) is 0 Å². The molecule has 2 aromatic rings. The summed E-state index contributed by atoms with van der Waals surface area (Å²) in [6.45, 7) is 6.73. The van der Waals surface area contributed by atoms with Crippen LogP contribution in [0, 0.1) is 13.8 Å². The van der Waals surface area contributed by atoms with E-state index in [1.807, 2.05) is 0 Å². The molecular formula is C15H22N4O4S2. The first kappa shape index (κ1) is 19.4. The van der Waals surface area contributed by atoms with Crippen LogP contribution < -0.4 is 9.44 Å². The third-order valence-electron chi connectivity index (χ3n) is 3.52. The zero-order chi connectivity index (χ0) is 19.0. The van der Waals surface area contributed by atoms with Crippen LogP contribution in [0.15, 0.2) is 34.1 Å². The summed E-state index contributed by atoms with van der Waals surface area (Å²) >= 11 is 0. The average molecular weight is 386 g/mol. The molecule has 0 aliphatic rings. The first-order valence-electron chi connectivity index (χ1n) is 7.59. The highest BCUT2D eigenvalue weighted by atomic mass is 32.2. The predicted octanol–water partition coefficient (Wildman–Crippen LogP) is 1.52. The van der Waals surface area contributed by atoms with Crippen molar-refractivity contribution in [1.29, 1.82) is 0 Å². The van der Waals surface area contributed by atoms with Crippen LogP contribution in [0.5, 0.6) is 0 Å². The number of rotatable bonds is 6. The fraction of sp³-hybridized carbons (Fsp3) is 0.400. The number of sulfonamides is 2. The van der Waals surface area contributed by atoms with E-state index in [0.717, 1.165) is 0 Å². The van der Waals surface area contributed by atoms with Crippen LogP contribution in [0.1, 0.15) is 25.2 Å². The van der Waals surface area contributed by atoms with E-state index in [2.05, 4.69) is 14.5 Å². The Morgan fingerprint density at radius 3 is 2.00 bits per heavy atom. The summed E-state index contributed by atoms with van der Waals surface area (Å²) in [6, 6.07) is 5.29. The van der Waals surface area contributed by atoms with Crippen LogP contribution in [-0.2, 0) is 27.1 Å². The second-order valence-electron chi connectivity index (χ2n) is 6.03. The van der Waals surface area contributed by atoms with E-state index in [4.69, 9.17) is 0 Å². The van der Waals surface area contributed by atoms with Gasteiger partial charge in [-0.05, 0) is 52.0 Å². The van der Waals surface area contributed by atoms with E-state index in [0.29, 0.717) is 11.4 Å². The van der Waals surface area contributed by atoms with Crippen LogP contribution in [0.3, 0.4) is 0 Å². The number of nitrogens with one attached hydrogen (secondary N) is 2. The molecule has 0 unspecified atom stereocenters. The normalized spacial score (nSPS) is 12.6. The molecule has 1 aromatic heterocycles. The highest BCUT2D eigenvalue weighted by molar-refractivity contribution is 7.92. The summed E-state index contributed by atoms with van der Waals surface area (Å²) in [5.74, 6) is 0. The molecule has 0 spiro atoms. The molecule has 10 heteroatoms. The summed E-state index contributed by atoms with van der Waals surface area (Å²) in [5, 5.41) is 4.10. The van der Waals surface area contributed by atoms with E-state index in [-0.39, 0.29) is 21.5 Å². The van der Waals surface area contributed by atoms with Crippen molar-refractivity contribution in [3.63, 3.8) is 0 Å². The SMILES string of the molecule is Cc1nn(C)c(C)c1S(=O)(=O)Nc1ccc(S(=O)(=O)NC(C)C)cc1.